The quantitative estimate of drug-likeness (QED) is 0.826. The van der Waals surface area contributed by atoms with Gasteiger partial charge in [0.2, 0.25) is 0 Å². The van der Waals surface area contributed by atoms with Crippen LogP contribution < -0.4 is 0 Å². The molecule has 4 nitrogen and oxygen atoms in total. The van der Waals surface area contributed by atoms with E-state index >= 15 is 0 Å². The Morgan fingerprint density at radius 3 is 2.00 bits per heavy atom. The minimum absolute atomic E-state index is 0.222. The number of benzene rings is 1. The standard InChI is InChI=1S/C10H12O2.C3H6O2/c11-10(12)8-4-7-9-5-2-1-3-6-9;1-2-3(4)5/h1-3,5-6H,4,7-8H2,(H,11,12);2H2,1H3,(H,4,5). The summed E-state index contributed by atoms with van der Waals surface area (Å²) >= 11 is 0. The van der Waals surface area contributed by atoms with Crippen LogP contribution in [0, 0.1) is 0 Å². The van der Waals surface area contributed by atoms with E-state index in [1.807, 2.05) is 30.3 Å². The highest BCUT2D eigenvalue weighted by Crippen LogP contribution is 2.03. The average Bonchev–Trinajstić information content (AvgIpc) is 2.30. The predicted octanol–water partition coefficient (Wildman–Crippen LogP) is 2.57. The highest BCUT2D eigenvalue weighted by atomic mass is 16.4. The van der Waals surface area contributed by atoms with E-state index in [9.17, 15) is 9.59 Å². The molecule has 0 saturated carbocycles. The molecule has 0 aliphatic rings. The van der Waals surface area contributed by atoms with Crippen LogP contribution in [-0.4, -0.2) is 22.2 Å². The molecular formula is C13H18O4. The van der Waals surface area contributed by atoms with Crippen molar-refractivity contribution in [1.29, 1.82) is 0 Å². The van der Waals surface area contributed by atoms with Crippen LogP contribution in [0.5, 0.6) is 0 Å². The molecule has 2 N–H and O–H groups in total. The third-order valence-electron chi connectivity index (χ3n) is 2.00. The van der Waals surface area contributed by atoms with Crippen molar-refractivity contribution >= 4 is 11.9 Å². The van der Waals surface area contributed by atoms with Crippen LogP contribution in [0.1, 0.15) is 31.7 Å². The van der Waals surface area contributed by atoms with Gasteiger partial charge in [0.1, 0.15) is 0 Å². The van der Waals surface area contributed by atoms with E-state index in [1.165, 1.54) is 5.56 Å². The molecule has 0 atom stereocenters. The molecule has 1 rings (SSSR count). The van der Waals surface area contributed by atoms with Gasteiger partial charge in [-0.25, -0.2) is 0 Å². The van der Waals surface area contributed by atoms with Crippen LogP contribution in [0.2, 0.25) is 0 Å². The summed E-state index contributed by atoms with van der Waals surface area (Å²) in [5, 5.41) is 16.1. The fourth-order valence-electron chi connectivity index (χ4n) is 1.09. The summed E-state index contributed by atoms with van der Waals surface area (Å²) in [6.45, 7) is 1.60. The van der Waals surface area contributed by atoms with Crippen molar-refractivity contribution in [2.45, 2.75) is 32.6 Å². The lowest BCUT2D eigenvalue weighted by molar-refractivity contribution is -0.137. The summed E-state index contributed by atoms with van der Waals surface area (Å²) in [4.78, 5) is 19.6. The molecule has 94 valence electrons. The van der Waals surface area contributed by atoms with Crippen molar-refractivity contribution in [2.24, 2.45) is 0 Å². The first kappa shape index (κ1) is 15.2. The van der Waals surface area contributed by atoms with Gasteiger partial charge in [0.15, 0.2) is 0 Å². The number of hydrogen-bond donors (Lipinski definition) is 2. The van der Waals surface area contributed by atoms with Gasteiger partial charge in [-0.15, -0.1) is 0 Å². The van der Waals surface area contributed by atoms with Crippen LogP contribution in [-0.2, 0) is 16.0 Å². The van der Waals surface area contributed by atoms with Crippen molar-refractivity contribution in [2.75, 3.05) is 0 Å². The normalized spacial score (nSPS) is 9.00. The third-order valence-corrected chi connectivity index (χ3v) is 2.00. The molecule has 0 radical (unpaired) electrons. The summed E-state index contributed by atoms with van der Waals surface area (Å²) in [6, 6.07) is 9.93. The molecule has 0 aliphatic carbocycles. The molecule has 17 heavy (non-hydrogen) atoms. The molecule has 0 bridgehead atoms. The number of rotatable bonds is 5. The van der Waals surface area contributed by atoms with Crippen LogP contribution in [0.4, 0.5) is 0 Å². The fourth-order valence-corrected chi connectivity index (χ4v) is 1.09. The smallest absolute Gasteiger partial charge is 0.303 e. The Morgan fingerprint density at radius 2 is 1.59 bits per heavy atom. The Hall–Kier alpha value is -1.84. The molecule has 0 aromatic heterocycles. The second-order valence-corrected chi connectivity index (χ2v) is 3.48. The van der Waals surface area contributed by atoms with Gasteiger partial charge < -0.3 is 10.2 Å². The molecular weight excluding hydrogens is 220 g/mol. The van der Waals surface area contributed by atoms with Gasteiger partial charge in [0.25, 0.3) is 0 Å². The van der Waals surface area contributed by atoms with E-state index in [1.54, 1.807) is 6.92 Å². The Labute approximate surface area is 101 Å². The largest absolute Gasteiger partial charge is 0.481 e. The second kappa shape index (κ2) is 9.39. The number of aryl methyl sites for hydroxylation is 1. The first-order chi connectivity index (χ1) is 8.06. The summed E-state index contributed by atoms with van der Waals surface area (Å²) in [5.74, 6) is -1.46. The van der Waals surface area contributed by atoms with Crippen molar-refractivity contribution < 1.29 is 19.8 Å². The van der Waals surface area contributed by atoms with Gasteiger partial charge in [0, 0.05) is 12.8 Å². The first-order valence-electron chi connectivity index (χ1n) is 5.53. The van der Waals surface area contributed by atoms with Crippen molar-refractivity contribution in [1.82, 2.24) is 0 Å². The Morgan fingerprint density at radius 1 is 1.06 bits per heavy atom. The van der Waals surface area contributed by atoms with Crippen molar-refractivity contribution in [3.05, 3.63) is 35.9 Å². The lowest BCUT2D eigenvalue weighted by Gasteiger charge is -1.97. The van der Waals surface area contributed by atoms with Crippen LogP contribution in [0.25, 0.3) is 0 Å². The van der Waals surface area contributed by atoms with E-state index in [2.05, 4.69) is 0 Å². The number of hydrogen-bond acceptors (Lipinski definition) is 2. The maximum Gasteiger partial charge on any atom is 0.303 e. The molecule has 0 aliphatic heterocycles. The van der Waals surface area contributed by atoms with E-state index in [0.717, 1.165) is 12.8 Å². The molecule has 0 spiro atoms. The maximum atomic E-state index is 10.2. The van der Waals surface area contributed by atoms with E-state index < -0.39 is 11.9 Å². The topological polar surface area (TPSA) is 74.6 Å². The molecule has 1 aromatic carbocycles. The number of carboxylic acids is 2. The molecule has 0 amide bonds. The van der Waals surface area contributed by atoms with Gasteiger partial charge in [-0.2, -0.15) is 0 Å². The van der Waals surface area contributed by atoms with Crippen molar-refractivity contribution in [3.63, 3.8) is 0 Å². The maximum absolute atomic E-state index is 10.2. The zero-order valence-electron chi connectivity index (χ0n) is 9.93. The van der Waals surface area contributed by atoms with Gasteiger partial charge in [0.05, 0.1) is 0 Å². The summed E-state index contributed by atoms with van der Waals surface area (Å²) in [7, 11) is 0. The lowest BCUT2D eigenvalue weighted by atomic mass is 10.1. The highest BCUT2D eigenvalue weighted by Gasteiger charge is 1.96. The molecule has 4 heteroatoms. The van der Waals surface area contributed by atoms with Gasteiger partial charge in [-0.05, 0) is 18.4 Å². The molecule has 0 heterocycles. The zero-order valence-corrected chi connectivity index (χ0v) is 9.93. The van der Waals surface area contributed by atoms with E-state index in [-0.39, 0.29) is 12.8 Å². The van der Waals surface area contributed by atoms with Gasteiger partial charge >= 0.3 is 11.9 Å². The van der Waals surface area contributed by atoms with Crippen molar-refractivity contribution in [3.8, 4) is 0 Å². The van der Waals surface area contributed by atoms with Gasteiger partial charge in [-0.3, -0.25) is 9.59 Å². The lowest BCUT2D eigenvalue weighted by Crippen LogP contribution is -1.95. The second-order valence-electron chi connectivity index (χ2n) is 3.48. The molecule has 0 fully saturated rings. The first-order valence-corrected chi connectivity index (χ1v) is 5.53. The number of aliphatic carboxylic acids is 2. The molecule has 0 unspecified atom stereocenters. The predicted molar refractivity (Wildman–Crippen MR) is 64.9 cm³/mol. The SMILES string of the molecule is CCC(=O)O.O=C(O)CCCc1ccccc1. The fraction of sp³-hybridized carbons (Fsp3) is 0.385. The minimum Gasteiger partial charge on any atom is -0.481 e. The Kier molecular flexibility index (Phi) is 8.37. The average molecular weight is 238 g/mol. The Balaban J connectivity index is 0.000000437. The van der Waals surface area contributed by atoms with Crippen LogP contribution in [0.15, 0.2) is 30.3 Å². The minimum atomic E-state index is -0.745. The van der Waals surface area contributed by atoms with Crippen LogP contribution in [0.3, 0.4) is 0 Å². The monoisotopic (exact) mass is 238 g/mol. The highest BCUT2D eigenvalue weighted by molar-refractivity contribution is 5.66. The summed E-state index contributed by atoms with van der Waals surface area (Å²) in [6.07, 6.45) is 2.06. The van der Waals surface area contributed by atoms with Gasteiger partial charge in [-0.1, -0.05) is 37.3 Å². The van der Waals surface area contributed by atoms with E-state index in [0.29, 0.717) is 0 Å². The van der Waals surface area contributed by atoms with Crippen LogP contribution >= 0.6 is 0 Å². The summed E-state index contributed by atoms with van der Waals surface area (Å²) < 4.78 is 0. The molecule has 0 saturated heterocycles. The molecule has 1 aromatic rings. The third kappa shape index (κ3) is 10.4. The van der Waals surface area contributed by atoms with E-state index in [4.69, 9.17) is 10.2 Å². The number of carboxylic acid groups (broad SMARTS) is 2. The zero-order chi connectivity index (χ0) is 13.1. The summed E-state index contributed by atoms with van der Waals surface area (Å²) in [5.41, 5.74) is 1.21. The Bertz CT molecular complexity index is 333. The number of carbonyl (C=O) groups is 2.